The Morgan fingerprint density at radius 2 is 2.06 bits per heavy atom. The minimum atomic E-state index is -4.89. The van der Waals surface area contributed by atoms with Gasteiger partial charge < -0.3 is 10.1 Å². The quantitative estimate of drug-likeness (QED) is 0.521. The highest BCUT2D eigenvalue weighted by atomic mass is 79.9. The van der Waals surface area contributed by atoms with Crippen LogP contribution in [0.5, 0.6) is 5.75 Å². The molecule has 0 bridgehead atoms. The predicted octanol–water partition coefficient (Wildman–Crippen LogP) is 3.96. The summed E-state index contributed by atoms with van der Waals surface area (Å²) in [6, 6.07) is 6.15. The fraction of sp³-hybridized carbons (Fsp3) is 0.300. The maximum absolute atomic E-state index is 12.8. The van der Waals surface area contributed by atoms with Crippen molar-refractivity contribution in [3.63, 3.8) is 0 Å². The number of hydrogen-bond acceptors (Lipinski definition) is 7. The number of nitriles is 1. The average molecular weight is 522 g/mol. The van der Waals surface area contributed by atoms with Crippen molar-refractivity contribution < 1.29 is 22.7 Å². The summed E-state index contributed by atoms with van der Waals surface area (Å²) in [4.78, 5) is 25.3. The summed E-state index contributed by atoms with van der Waals surface area (Å²) in [6.45, 7) is 1.66. The highest BCUT2D eigenvalue weighted by Crippen LogP contribution is 2.38. The van der Waals surface area contributed by atoms with Gasteiger partial charge in [-0.1, -0.05) is 15.9 Å². The van der Waals surface area contributed by atoms with Crippen LogP contribution in [0.15, 0.2) is 35.1 Å². The van der Waals surface area contributed by atoms with Gasteiger partial charge in [0.15, 0.2) is 17.5 Å². The first kappa shape index (κ1) is 22.7. The van der Waals surface area contributed by atoms with E-state index in [2.05, 4.69) is 46.0 Å². The molecule has 13 heteroatoms. The van der Waals surface area contributed by atoms with Gasteiger partial charge in [-0.05, 0) is 38.0 Å². The van der Waals surface area contributed by atoms with E-state index in [0.29, 0.717) is 17.5 Å². The number of nitrogens with zero attached hydrogens (tertiary/aromatic N) is 6. The first-order chi connectivity index (χ1) is 15.6. The van der Waals surface area contributed by atoms with Crippen LogP contribution < -0.4 is 10.1 Å². The van der Waals surface area contributed by atoms with E-state index in [0.717, 1.165) is 25.0 Å². The SMILES string of the molecule is C[C@H](NC(=O)c1cc(Br)cc(OC(F)(F)F)c1)c1nc(C2CC2)nn1-c1cc(C#N)ncn1. The maximum Gasteiger partial charge on any atom is 0.573 e. The molecule has 170 valence electrons. The highest BCUT2D eigenvalue weighted by Gasteiger charge is 2.32. The number of hydrogen-bond donors (Lipinski definition) is 1. The molecule has 33 heavy (non-hydrogen) atoms. The van der Waals surface area contributed by atoms with Crippen molar-refractivity contribution in [1.29, 1.82) is 5.26 Å². The van der Waals surface area contributed by atoms with Gasteiger partial charge in [0.2, 0.25) is 0 Å². The Morgan fingerprint density at radius 3 is 2.73 bits per heavy atom. The zero-order chi connectivity index (χ0) is 23.8. The summed E-state index contributed by atoms with van der Waals surface area (Å²) >= 11 is 3.09. The third-order valence-electron chi connectivity index (χ3n) is 4.68. The summed E-state index contributed by atoms with van der Waals surface area (Å²) < 4.78 is 43.3. The normalized spacial score (nSPS) is 14.4. The average Bonchev–Trinajstić information content (AvgIpc) is 3.50. The van der Waals surface area contributed by atoms with Crippen LogP contribution in [0.1, 0.15) is 59.4 Å². The van der Waals surface area contributed by atoms with E-state index < -0.39 is 24.1 Å². The molecule has 2 heterocycles. The molecule has 9 nitrogen and oxygen atoms in total. The lowest BCUT2D eigenvalue weighted by atomic mass is 10.2. The molecule has 0 radical (unpaired) electrons. The van der Waals surface area contributed by atoms with E-state index >= 15 is 0 Å². The number of aromatic nitrogens is 5. The summed E-state index contributed by atoms with van der Waals surface area (Å²) in [5, 5.41) is 16.3. The van der Waals surface area contributed by atoms with Gasteiger partial charge in [0, 0.05) is 22.0 Å². The largest absolute Gasteiger partial charge is 0.573 e. The number of rotatable bonds is 6. The van der Waals surface area contributed by atoms with Crippen LogP contribution in [0.25, 0.3) is 5.82 Å². The van der Waals surface area contributed by atoms with Crippen molar-refractivity contribution in [2.45, 2.75) is 38.1 Å². The Kier molecular flexibility index (Phi) is 6.03. The van der Waals surface area contributed by atoms with Crippen LogP contribution in [-0.2, 0) is 0 Å². The highest BCUT2D eigenvalue weighted by molar-refractivity contribution is 9.10. The fourth-order valence-corrected chi connectivity index (χ4v) is 3.53. The lowest BCUT2D eigenvalue weighted by Gasteiger charge is -2.15. The lowest BCUT2D eigenvalue weighted by Crippen LogP contribution is -2.29. The number of alkyl halides is 3. The van der Waals surface area contributed by atoms with Crippen molar-refractivity contribution >= 4 is 21.8 Å². The maximum atomic E-state index is 12.8. The number of ether oxygens (including phenoxy) is 1. The zero-order valence-corrected chi connectivity index (χ0v) is 18.6. The topological polar surface area (TPSA) is 119 Å². The van der Waals surface area contributed by atoms with Crippen LogP contribution in [0, 0.1) is 11.3 Å². The molecular weight excluding hydrogens is 507 g/mol. The minimum absolute atomic E-state index is 0.0437. The van der Waals surface area contributed by atoms with E-state index in [-0.39, 0.29) is 21.6 Å². The molecular formula is C20H15BrF3N7O2. The van der Waals surface area contributed by atoms with Crippen LogP contribution >= 0.6 is 15.9 Å². The summed E-state index contributed by atoms with van der Waals surface area (Å²) in [6.07, 6.45) is -1.78. The van der Waals surface area contributed by atoms with Crippen molar-refractivity contribution in [3.8, 4) is 17.6 Å². The molecule has 1 amide bonds. The number of carbonyl (C=O) groups excluding carboxylic acids is 1. The third-order valence-corrected chi connectivity index (χ3v) is 5.14. The van der Waals surface area contributed by atoms with Gasteiger partial charge >= 0.3 is 6.36 Å². The fourth-order valence-electron chi connectivity index (χ4n) is 3.06. The molecule has 2 aromatic heterocycles. The van der Waals surface area contributed by atoms with Gasteiger partial charge in [-0.15, -0.1) is 18.3 Å². The summed E-state index contributed by atoms with van der Waals surface area (Å²) in [5.41, 5.74) is 0.0928. The Hall–Kier alpha value is -3.53. The number of carbonyl (C=O) groups is 1. The van der Waals surface area contributed by atoms with Crippen LogP contribution in [0.3, 0.4) is 0 Å². The summed E-state index contributed by atoms with van der Waals surface area (Å²) in [5.74, 6) is 0.288. The molecule has 4 rings (SSSR count). The van der Waals surface area contributed by atoms with Crippen LogP contribution in [-0.4, -0.2) is 37.0 Å². The predicted molar refractivity (Wildman–Crippen MR) is 110 cm³/mol. The molecule has 1 fully saturated rings. The van der Waals surface area contributed by atoms with Gasteiger partial charge in [0.1, 0.15) is 23.8 Å². The van der Waals surface area contributed by atoms with Crippen molar-refractivity contribution in [2.75, 3.05) is 0 Å². The van der Waals surface area contributed by atoms with E-state index in [4.69, 9.17) is 5.26 Å². The summed E-state index contributed by atoms with van der Waals surface area (Å²) in [7, 11) is 0. The van der Waals surface area contributed by atoms with Crippen molar-refractivity contribution in [1.82, 2.24) is 30.0 Å². The van der Waals surface area contributed by atoms with Gasteiger partial charge in [0.25, 0.3) is 5.91 Å². The van der Waals surface area contributed by atoms with Crippen molar-refractivity contribution in [2.24, 2.45) is 0 Å². The second-order valence-electron chi connectivity index (χ2n) is 7.31. The third kappa shape index (κ3) is 5.46. The second-order valence-corrected chi connectivity index (χ2v) is 8.22. The standard InChI is InChI=1S/C20H15BrF3N7O2/c1-10(28-19(32)12-4-13(21)6-15(5-12)33-20(22,23)24)18-29-17(11-2-3-11)30-31(18)16-7-14(8-25)26-9-27-16/h4-7,9-11H,2-3H2,1H3,(H,28,32)/t10-/m0/s1. The molecule has 3 aromatic rings. The molecule has 1 saturated carbocycles. The number of benzene rings is 1. The van der Waals surface area contributed by atoms with Crippen LogP contribution in [0.4, 0.5) is 13.2 Å². The van der Waals surface area contributed by atoms with Crippen molar-refractivity contribution in [3.05, 3.63) is 58.0 Å². The molecule has 1 N–H and O–H groups in total. The first-order valence-corrected chi connectivity index (χ1v) is 10.5. The van der Waals surface area contributed by atoms with E-state index in [1.54, 1.807) is 6.92 Å². The molecule has 1 aromatic carbocycles. The molecule has 1 aliphatic carbocycles. The monoisotopic (exact) mass is 521 g/mol. The lowest BCUT2D eigenvalue weighted by molar-refractivity contribution is -0.274. The molecule has 0 saturated heterocycles. The van der Waals surface area contributed by atoms with Crippen LogP contribution in [0.2, 0.25) is 0 Å². The smallest absolute Gasteiger partial charge is 0.406 e. The van der Waals surface area contributed by atoms with E-state index in [1.165, 1.54) is 23.1 Å². The Labute approximate surface area is 193 Å². The van der Waals surface area contributed by atoms with Gasteiger partial charge in [-0.3, -0.25) is 4.79 Å². The minimum Gasteiger partial charge on any atom is -0.406 e. The number of nitrogens with one attached hydrogen (secondary N) is 1. The van der Waals surface area contributed by atoms with Gasteiger partial charge in [-0.25, -0.2) is 15.0 Å². The number of amides is 1. The Balaban J connectivity index is 1.62. The Bertz CT molecular complexity index is 1250. The molecule has 0 aliphatic heterocycles. The first-order valence-electron chi connectivity index (χ1n) is 9.69. The molecule has 1 atom stereocenters. The van der Waals surface area contributed by atoms with Gasteiger partial charge in [0.05, 0.1) is 6.04 Å². The molecule has 0 unspecified atom stereocenters. The zero-order valence-electron chi connectivity index (χ0n) is 17.0. The van der Waals surface area contributed by atoms with Gasteiger partial charge in [-0.2, -0.15) is 9.94 Å². The molecule has 1 aliphatic rings. The van der Waals surface area contributed by atoms with E-state index in [9.17, 15) is 18.0 Å². The molecule has 0 spiro atoms. The number of halogens is 4. The second kappa shape index (κ2) is 8.78. The Morgan fingerprint density at radius 1 is 1.30 bits per heavy atom. The van der Waals surface area contributed by atoms with E-state index in [1.807, 2.05) is 6.07 Å².